The third-order valence-corrected chi connectivity index (χ3v) is 2.95. The van der Waals surface area contributed by atoms with Crippen LogP contribution in [0, 0.1) is 0 Å². The van der Waals surface area contributed by atoms with Crippen LogP contribution in [0.25, 0.3) is 0 Å². The van der Waals surface area contributed by atoms with Gasteiger partial charge < -0.3 is 9.84 Å². The summed E-state index contributed by atoms with van der Waals surface area (Å²) in [5.74, 6) is 0.679. The number of aromatic nitrogens is 1. The molecule has 0 saturated carbocycles. The second-order valence-electron chi connectivity index (χ2n) is 3.54. The Morgan fingerprint density at radius 3 is 2.82 bits per heavy atom. The number of para-hydroxylation sites is 1. The molecule has 1 aromatic heterocycles. The quantitative estimate of drug-likeness (QED) is 0.942. The minimum Gasteiger partial charge on any atom is -0.487 e. The van der Waals surface area contributed by atoms with Gasteiger partial charge in [0.2, 0.25) is 0 Å². The van der Waals surface area contributed by atoms with Gasteiger partial charge in [-0.25, -0.2) is 0 Å². The minimum atomic E-state index is -0.0399. The molecule has 0 bridgehead atoms. The Balaban J connectivity index is 2.14. The van der Waals surface area contributed by atoms with Gasteiger partial charge in [0.05, 0.1) is 11.1 Å². The number of nitrogens with zero attached hydrogens (tertiary/aromatic N) is 1. The zero-order chi connectivity index (χ0) is 12.1. The van der Waals surface area contributed by atoms with E-state index < -0.39 is 0 Å². The first kappa shape index (κ1) is 12.1. The van der Waals surface area contributed by atoms with Crippen molar-refractivity contribution in [1.82, 2.24) is 4.98 Å². The van der Waals surface area contributed by atoms with E-state index in [4.69, 9.17) is 4.74 Å². The van der Waals surface area contributed by atoms with Gasteiger partial charge in [0.15, 0.2) is 0 Å². The Morgan fingerprint density at radius 1 is 1.24 bits per heavy atom. The van der Waals surface area contributed by atoms with Gasteiger partial charge in [0, 0.05) is 23.5 Å². The summed E-state index contributed by atoms with van der Waals surface area (Å²) >= 11 is 3.41. The smallest absolute Gasteiger partial charge is 0.139 e. The van der Waals surface area contributed by atoms with Crippen molar-refractivity contribution < 1.29 is 9.84 Å². The van der Waals surface area contributed by atoms with Crippen LogP contribution in [-0.2, 0) is 13.2 Å². The van der Waals surface area contributed by atoms with Gasteiger partial charge in [-0.15, -0.1) is 0 Å². The van der Waals surface area contributed by atoms with Gasteiger partial charge in [0.1, 0.15) is 12.4 Å². The first-order chi connectivity index (χ1) is 8.31. The van der Waals surface area contributed by atoms with Crippen LogP contribution in [0.4, 0.5) is 0 Å². The maximum absolute atomic E-state index is 9.23. The normalized spacial score (nSPS) is 10.2. The summed E-state index contributed by atoms with van der Waals surface area (Å²) in [6, 6.07) is 9.40. The summed E-state index contributed by atoms with van der Waals surface area (Å²) < 4.78 is 6.54. The Hall–Kier alpha value is -1.39. The molecule has 0 saturated heterocycles. The molecule has 0 radical (unpaired) electrons. The first-order valence-corrected chi connectivity index (χ1v) is 6.00. The zero-order valence-electron chi connectivity index (χ0n) is 9.14. The van der Waals surface area contributed by atoms with E-state index in [0.717, 1.165) is 15.6 Å². The molecule has 0 aliphatic carbocycles. The van der Waals surface area contributed by atoms with Crippen molar-refractivity contribution in [1.29, 1.82) is 0 Å². The number of halogens is 1. The molecule has 2 rings (SSSR count). The lowest BCUT2D eigenvalue weighted by molar-refractivity contribution is 0.258. The van der Waals surface area contributed by atoms with Gasteiger partial charge in [0.25, 0.3) is 0 Å². The van der Waals surface area contributed by atoms with E-state index >= 15 is 0 Å². The second-order valence-corrected chi connectivity index (χ2v) is 4.39. The molecule has 1 heterocycles. The molecule has 0 fully saturated rings. The Bertz CT molecular complexity index is 488. The van der Waals surface area contributed by atoms with Crippen LogP contribution in [0.5, 0.6) is 5.75 Å². The Morgan fingerprint density at radius 2 is 2.12 bits per heavy atom. The van der Waals surface area contributed by atoms with E-state index in [1.54, 1.807) is 12.4 Å². The van der Waals surface area contributed by atoms with Crippen molar-refractivity contribution in [2.45, 2.75) is 13.2 Å². The average Bonchev–Trinajstić information content (AvgIpc) is 2.38. The number of aliphatic hydroxyl groups excluding tert-OH is 1. The molecule has 0 spiro atoms. The molecular weight excluding hydrogens is 282 g/mol. The third-order valence-electron chi connectivity index (χ3n) is 2.32. The molecule has 0 unspecified atom stereocenters. The molecular formula is C13H12BrNO2. The lowest BCUT2D eigenvalue weighted by atomic mass is 10.2. The molecule has 0 atom stereocenters. The van der Waals surface area contributed by atoms with Crippen LogP contribution in [-0.4, -0.2) is 10.1 Å². The van der Waals surface area contributed by atoms with E-state index in [-0.39, 0.29) is 6.61 Å². The fourth-order valence-electron chi connectivity index (χ4n) is 1.48. The summed E-state index contributed by atoms with van der Waals surface area (Å²) in [7, 11) is 0. The summed E-state index contributed by atoms with van der Waals surface area (Å²) in [5.41, 5.74) is 1.76. The van der Waals surface area contributed by atoms with Gasteiger partial charge in [-0.3, -0.25) is 4.98 Å². The van der Waals surface area contributed by atoms with Crippen molar-refractivity contribution in [2.75, 3.05) is 0 Å². The Kier molecular flexibility index (Phi) is 4.12. The van der Waals surface area contributed by atoms with Crippen molar-refractivity contribution in [3.63, 3.8) is 0 Å². The highest BCUT2D eigenvalue weighted by Gasteiger charge is 2.07. The summed E-state index contributed by atoms with van der Waals surface area (Å²) in [4.78, 5) is 4.02. The van der Waals surface area contributed by atoms with E-state index in [1.807, 2.05) is 30.3 Å². The third kappa shape index (κ3) is 3.05. The molecule has 17 heavy (non-hydrogen) atoms. The molecule has 2 aromatic rings. The molecule has 4 heteroatoms. The standard InChI is InChI=1S/C13H12BrNO2/c14-12-5-1-4-11(8-16)13(12)17-9-10-3-2-6-15-7-10/h1-7,16H,8-9H2. The number of rotatable bonds is 4. The summed E-state index contributed by atoms with van der Waals surface area (Å²) in [6.07, 6.45) is 3.48. The molecule has 1 N–H and O–H groups in total. The van der Waals surface area contributed by atoms with Crippen molar-refractivity contribution >= 4 is 15.9 Å². The van der Waals surface area contributed by atoms with Crippen molar-refractivity contribution in [3.8, 4) is 5.75 Å². The predicted octanol–water partition coefficient (Wildman–Crippen LogP) is 2.92. The van der Waals surface area contributed by atoms with Crippen LogP contribution < -0.4 is 4.74 Å². The second kappa shape index (κ2) is 5.80. The average molecular weight is 294 g/mol. The zero-order valence-corrected chi connectivity index (χ0v) is 10.7. The lowest BCUT2D eigenvalue weighted by Gasteiger charge is -2.11. The highest BCUT2D eigenvalue weighted by molar-refractivity contribution is 9.10. The fraction of sp³-hybridized carbons (Fsp3) is 0.154. The SMILES string of the molecule is OCc1cccc(Br)c1OCc1cccnc1. The number of pyridine rings is 1. The Labute approximate surface area is 108 Å². The minimum absolute atomic E-state index is 0.0399. The summed E-state index contributed by atoms with van der Waals surface area (Å²) in [5, 5.41) is 9.23. The molecule has 0 aliphatic heterocycles. The van der Waals surface area contributed by atoms with Crippen molar-refractivity contribution in [2.24, 2.45) is 0 Å². The van der Waals surface area contributed by atoms with Gasteiger partial charge in [-0.05, 0) is 28.1 Å². The highest BCUT2D eigenvalue weighted by Crippen LogP contribution is 2.29. The molecule has 0 aliphatic rings. The van der Waals surface area contributed by atoms with E-state index in [0.29, 0.717) is 12.4 Å². The molecule has 3 nitrogen and oxygen atoms in total. The maximum atomic E-state index is 9.23. The van der Waals surface area contributed by atoms with Crippen LogP contribution in [0.1, 0.15) is 11.1 Å². The van der Waals surface area contributed by atoms with Gasteiger partial charge >= 0.3 is 0 Å². The maximum Gasteiger partial charge on any atom is 0.139 e. The highest BCUT2D eigenvalue weighted by atomic mass is 79.9. The van der Waals surface area contributed by atoms with Gasteiger partial charge in [-0.1, -0.05) is 18.2 Å². The number of aliphatic hydroxyl groups is 1. The number of ether oxygens (including phenoxy) is 1. The molecule has 0 amide bonds. The predicted molar refractivity (Wildman–Crippen MR) is 68.6 cm³/mol. The monoisotopic (exact) mass is 293 g/mol. The topological polar surface area (TPSA) is 42.4 Å². The summed E-state index contributed by atoms with van der Waals surface area (Å²) in [6.45, 7) is 0.394. The number of hydrogen-bond acceptors (Lipinski definition) is 3. The number of benzene rings is 1. The molecule has 1 aromatic carbocycles. The number of hydrogen-bond donors (Lipinski definition) is 1. The first-order valence-electron chi connectivity index (χ1n) is 5.21. The van der Waals surface area contributed by atoms with Gasteiger partial charge in [-0.2, -0.15) is 0 Å². The lowest BCUT2D eigenvalue weighted by Crippen LogP contribution is -1.99. The van der Waals surface area contributed by atoms with Crippen LogP contribution in [0.3, 0.4) is 0 Å². The van der Waals surface area contributed by atoms with E-state index in [9.17, 15) is 5.11 Å². The molecule has 88 valence electrons. The van der Waals surface area contributed by atoms with Crippen LogP contribution >= 0.6 is 15.9 Å². The van der Waals surface area contributed by atoms with Crippen molar-refractivity contribution in [3.05, 3.63) is 58.3 Å². The van der Waals surface area contributed by atoms with E-state index in [1.165, 1.54) is 0 Å². The van der Waals surface area contributed by atoms with E-state index in [2.05, 4.69) is 20.9 Å². The fourth-order valence-corrected chi connectivity index (χ4v) is 2.00. The van der Waals surface area contributed by atoms with Crippen LogP contribution in [0.15, 0.2) is 47.2 Å². The van der Waals surface area contributed by atoms with Crippen LogP contribution in [0.2, 0.25) is 0 Å². The largest absolute Gasteiger partial charge is 0.487 e.